The molecule has 0 heterocycles. The molecule has 0 spiro atoms. The normalized spacial score (nSPS) is 13.5. The molecule has 0 aromatic carbocycles. The SMILES string of the molecule is COCC(C)NC(=O)CNC(CO)(CO)CO. The number of hydrogen-bond acceptors (Lipinski definition) is 6. The first-order chi connectivity index (χ1) is 8.03. The van der Waals surface area contributed by atoms with Gasteiger partial charge in [-0.05, 0) is 6.92 Å². The van der Waals surface area contributed by atoms with Gasteiger partial charge in [-0.2, -0.15) is 0 Å². The van der Waals surface area contributed by atoms with E-state index in [-0.39, 0.29) is 18.5 Å². The third kappa shape index (κ3) is 5.94. The van der Waals surface area contributed by atoms with Crippen LogP contribution in [0.4, 0.5) is 0 Å². The van der Waals surface area contributed by atoms with Gasteiger partial charge in [-0.25, -0.2) is 0 Å². The van der Waals surface area contributed by atoms with Gasteiger partial charge in [0.15, 0.2) is 0 Å². The second-order valence-electron chi connectivity index (χ2n) is 4.03. The minimum atomic E-state index is -1.23. The number of aliphatic hydroxyl groups excluding tert-OH is 3. The Kier molecular flexibility index (Phi) is 8.01. The topological polar surface area (TPSA) is 111 Å². The summed E-state index contributed by atoms with van der Waals surface area (Å²) in [5.74, 6) is -0.297. The van der Waals surface area contributed by atoms with Crippen LogP contribution in [-0.2, 0) is 9.53 Å². The van der Waals surface area contributed by atoms with Crippen LogP contribution in [0.2, 0.25) is 0 Å². The minimum absolute atomic E-state index is 0.101. The third-order valence-corrected chi connectivity index (χ3v) is 2.36. The second kappa shape index (κ2) is 8.37. The smallest absolute Gasteiger partial charge is 0.234 e. The van der Waals surface area contributed by atoms with Gasteiger partial charge in [0.25, 0.3) is 0 Å². The van der Waals surface area contributed by atoms with E-state index in [9.17, 15) is 4.79 Å². The number of ether oxygens (including phenoxy) is 1. The van der Waals surface area contributed by atoms with E-state index in [1.165, 1.54) is 7.11 Å². The van der Waals surface area contributed by atoms with Gasteiger partial charge in [-0.3, -0.25) is 10.1 Å². The van der Waals surface area contributed by atoms with Crippen LogP contribution in [0.3, 0.4) is 0 Å². The molecule has 0 aliphatic carbocycles. The monoisotopic (exact) mass is 250 g/mol. The van der Waals surface area contributed by atoms with Crippen LogP contribution in [0.5, 0.6) is 0 Å². The maximum atomic E-state index is 11.4. The van der Waals surface area contributed by atoms with Crippen LogP contribution >= 0.6 is 0 Å². The fourth-order valence-electron chi connectivity index (χ4n) is 1.20. The molecule has 1 atom stereocenters. The van der Waals surface area contributed by atoms with E-state index < -0.39 is 25.4 Å². The molecule has 17 heavy (non-hydrogen) atoms. The molecule has 1 amide bonds. The largest absolute Gasteiger partial charge is 0.394 e. The Labute approximate surface area is 101 Å². The Hall–Kier alpha value is -0.730. The van der Waals surface area contributed by atoms with E-state index in [0.717, 1.165) is 0 Å². The molecule has 7 nitrogen and oxygen atoms in total. The van der Waals surface area contributed by atoms with Gasteiger partial charge in [-0.15, -0.1) is 0 Å². The Morgan fingerprint density at radius 1 is 1.29 bits per heavy atom. The van der Waals surface area contributed by atoms with E-state index >= 15 is 0 Å². The lowest BCUT2D eigenvalue weighted by molar-refractivity contribution is -0.121. The van der Waals surface area contributed by atoms with Crippen molar-refractivity contribution < 1.29 is 24.9 Å². The first-order valence-electron chi connectivity index (χ1n) is 5.39. The molecule has 0 saturated carbocycles. The number of carbonyl (C=O) groups excluding carboxylic acids is 1. The highest BCUT2D eigenvalue weighted by Gasteiger charge is 2.28. The lowest BCUT2D eigenvalue weighted by atomic mass is 10.0. The van der Waals surface area contributed by atoms with Crippen LogP contribution in [-0.4, -0.2) is 72.9 Å². The molecule has 0 aromatic rings. The van der Waals surface area contributed by atoms with Gasteiger partial charge < -0.3 is 25.4 Å². The Bertz CT molecular complexity index is 212. The van der Waals surface area contributed by atoms with Gasteiger partial charge >= 0.3 is 0 Å². The highest BCUT2D eigenvalue weighted by Crippen LogP contribution is 2.00. The lowest BCUT2D eigenvalue weighted by Gasteiger charge is -2.28. The minimum Gasteiger partial charge on any atom is -0.394 e. The summed E-state index contributed by atoms with van der Waals surface area (Å²) in [5, 5.41) is 32.3. The van der Waals surface area contributed by atoms with Crippen LogP contribution in [0, 0.1) is 0 Å². The van der Waals surface area contributed by atoms with Crippen LogP contribution < -0.4 is 10.6 Å². The summed E-state index contributed by atoms with van der Waals surface area (Å²) in [6, 6.07) is -0.124. The predicted molar refractivity (Wildman–Crippen MR) is 61.5 cm³/mol. The summed E-state index contributed by atoms with van der Waals surface area (Å²) < 4.78 is 4.86. The van der Waals surface area contributed by atoms with E-state index in [0.29, 0.717) is 6.61 Å². The van der Waals surface area contributed by atoms with Gasteiger partial charge in [0.05, 0.1) is 38.5 Å². The van der Waals surface area contributed by atoms with Crippen LogP contribution in [0.15, 0.2) is 0 Å². The molecule has 102 valence electrons. The van der Waals surface area contributed by atoms with Crippen molar-refractivity contribution in [1.82, 2.24) is 10.6 Å². The van der Waals surface area contributed by atoms with Crippen molar-refractivity contribution in [3.63, 3.8) is 0 Å². The lowest BCUT2D eigenvalue weighted by Crippen LogP contribution is -2.57. The maximum absolute atomic E-state index is 11.4. The van der Waals surface area contributed by atoms with E-state index in [4.69, 9.17) is 20.1 Å². The molecule has 0 aromatic heterocycles. The quantitative estimate of drug-likeness (QED) is 0.308. The summed E-state index contributed by atoms with van der Waals surface area (Å²) in [5.41, 5.74) is -1.23. The average Bonchev–Trinajstić information content (AvgIpc) is 2.32. The predicted octanol–water partition coefficient (Wildman–Crippen LogP) is -2.56. The summed E-state index contributed by atoms with van der Waals surface area (Å²) in [4.78, 5) is 11.4. The number of nitrogens with one attached hydrogen (secondary N) is 2. The molecule has 0 bridgehead atoms. The Balaban J connectivity index is 4.04. The fraction of sp³-hybridized carbons (Fsp3) is 0.900. The zero-order valence-electron chi connectivity index (χ0n) is 10.3. The molecule has 1 unspecified atom stereocenters. The van der Waals surface area contributed by atoms with Crippen molar-refractivity contribution in [2.75, 3.05) is 40.1 Å². The number of amides is 1. The summed E-state index contributed by atoms with van der Waals surface area (Å²) in [6.07, 6.45) is 0. The van der Waals surface area contributed by atoms with Gasteiger partial charge in [0, 0.05) is 13.2 Å². The van der Waals surface area contributed by atoms with Crippen molar-refractivity contribution in [2.45, 2.75) is 18.5 Å². The number of carbonyl (C=O) groups is 1. The zero-order valence-corrected chi connectivity index (χ0v) is 10.3. The van der Waals surface area contributed by atoms with Gasteiger partial charge in [0.1, 0.15) is 0 Å². The molecule has 0 fully saturated rings. The molecule has 0 aliphatic rings. The molecule has 7 heteroatoms. The Morgan fingerprint density at radius 3 is 2.24 bits per heavy atom. The molecule has 0 rings (SSSR count). The van der Waals surface area contributed by atoms with Crippen molar-refractivity contribution in [3.8, 4) is 0 Å². The molecule has 0 radical (unpaired) electrons. The Morgan fingerprint density at radius 2 is 1.82 bits per heavy atom. The second-order valence-corrected chi connectivity index (χ2v) is 4.03. The zero-order chi connectivity index (χ0) is 13.3. The summed E-state index contributed by atoms with van der Waals surface area (Å²) in [6.45, 7) is 0.716. The molecule has 5 N–H and O–H groups in total. The van der Waals surface area contributed by atoms with Crippen molar-refractivity contribution in [3.05, 3.63) is 0 Å². The van der Waals surface area contributed by atoms with E-state index in [2.05, 4.69) is 10.6 Å². The molecular weight excluding hydrogens is 228 g/mol. The maximum Gasteiger partial charge on any atom is 0.234 e. The third-order valence-electron chi connectivity index (χ3n) is 2.36. The fourth-order valence-corrected chi connectivity index (χ4v) is 1.20. The number of hydrogen-bond donors (Lipinski definition) is 5. The number of rotatable bonds is 9. The van der Waals surface area contributed by atoms with Crippen LogP contribution in [0.1, 0.15) is 6.92 Å². The summed E-state index contributed by atoms with van der Waals surface area (Å²) in [7, 11) is 1.54. The van der Waals surface area contributed by atoms with Crippen molar-refractivity contribution >= 4 is 5.91 Å². The first-order valence-corrected chi connectivity index (χ1v) is 5.39. The molecule has 0 saturated heterocycles. The van der Waals surface area contributed by atoms with Crippen LogP contribution in [0.25, 0.3) is 0 Å². The molecule has 0 aliphatic heterocycles. The van der Waals surface area contributed by atoms with E-state index in [1.54, 1.807) is 6.92 Å². The van der Waals surface area contributed by atoms with E-state index in [1.807, 2.05) is 0 Å². The van der Waals surface area contributed by atoms with Gasteiger partial charge in [-0.1, -0.05) is 0 Å². The highest BCUT2D eigenvalue weighted by atomic mass is 16.5. The van der Waals surface area contributed by atoms with Gasteiger partial charge in [0.2, 0.25) is 5.91 Å². The van der Waals surface area contributed by atoms with Crippen molar-refractivity contribution in [1.29, 1.82) is 0 Å². The average molecular weight is 250 g/mol. The molecular formula is C10H22N2O5. The summed E-state index contributed by atoms with van der Waals surface area (Å²) >= 11 is 0. The first kappa shape index (κ1) is 16.3. The van der Waals surface area contributed by atoms with Crippen molar-refractivity contribution in [2.24, 2.45) is 0 Å². The standard InChI is InChI=1S/C10H22N2O5/c1-8(4-17-2)12-9(16)3-11-10(5-13,6-14)7-15/h8,11,13-15H,3-7H2,1-2H3,(H,12,16). The number of aliphatic hydroxyl groups is 3. The number of methoxy groups -OCH3 is 1. The highest BCUT2D eigenvalue weighted by molar-refractivity contribution is 5.78.